The summed E-state index contributed by atoms with van der Waals surface area (Å²) in [6.45, 7) is 0. The van der Waals surface area contributed by atoms with Crippen LogP contribution in [0.2, 0.25) is 5.02 Å². The largest absolute Gasteiger partial charge is 0.359 e. The number of nitrogens with one attached hydrogen (secondary N) is 2. The molecule has 0 bridgehead atoms. The first-order chi connectivity index (χ1) is 13.5. The molecule has 0 spiro atoms. The summed E-state index contributed by atoms with van der Waals surface area (Å²) in [7, 11) is 1.72. The van der Waals surface area contributed by atoms with Crippen LogP contribution in [0.25, 0.3) is 12.2 Å². The molecule has 1 unspecified atom stereocenters. The molecule has 1 fully saturated rings. The van der Waals surface area contributed by atoms with Gasteiger partial charge in [0.2, 0.25) is 0 Å². The van der Waals surface area contributed by atoms with Gasteiger partial charge in [-0.2, -0.15) is 0 Å². The van der Waals surface area contributed by atoms with Gasteiger partial charge in [-0.15, -0.1) is 0 Å². The number of fused-ring (bicyclic) bond motifs is 2. The summed E-state index contributed by atoms with van der Waals surface area (Å²) >= 11 is 13.4. The molecule has 5 rings (SSSR count). The van der Waals surface area contributed by atoms with Crippen molar-refractivity contribution in [2.75, 3.05) is 5.32 Å². The number of rotatable bonds is 3. The van der Waals surface area contributed by atoms with Crippen LogP contribution in [0, 0.1) is 4.64 Å². The molecule has 0 radical (unpaired) electrons. The quantitative estimate of drug-likeness (QED) is 0.460. The van der Waals surface area contributed by atoms with Crippen LogP contribution in [0.1, 0.15) is 46.0 Å². The van der Waals surface area contributed by atoms with Gasteiger partial charge in [-0.05, 0) is 42.2 Å². The van der Waals surface area contributed by atoms with Crippen LogP contribution in [-0.2, 0) is 7.05 Å². The fourth-order valence-electron chi connectivity index (χ4n) is 3.50. The molecule has 28 heavy (non-hydrogen) atoms. The molecule has 1 aromatic carbocycles. The predicted molar refractivity (Wildman–Crippen MR) is 117 cm³/mol. The van der Waals surface area contributed by atoms with E-state index in [9.17, 15) is 4.79 Å². The van der Waals surface area contributed by atoms with E-state index in [2.05, 4.69) is 22.5 Å². The molecule has 142 valence electrons. The molecule has 2 aliphatic rings. The summed E-state index contributed by atoms with van der Waals surface area (Å²) in [5, 5.41) is 5.11. The van der Waals surface area contributed by atoms with Gasteiger partial charge in [0, 0.05) is 29.9 Å². The fraction of sp³-hybridized carbons (Fsp3) is 0.250. The minimum atomic E-state index is -0.230. The summed E-state index contributed by atoms with van der Waals surface area (Å²) in [5.74, 6) is -0.182. The van der Waals surface area contributed by atoms with E-state index in [4.69, 9.17) is 28.8 Å². The highest BCUT2D eigenvalue weighted by Crippen LogP contribution is 2.43. The lowest BCUT2D eigenvalue weighted by molar-refractivity contribution is 0.770. The number of anilines is 1. The lowest BCUT2D eigenvalue weighted by atomic mass is 9.88. The van der Waals surface area contributed by atoms with Crippen molar-refractivity contribution >= 4 is 52.4 Å². The molecule has 0 saturated heterocycles. The summed E-state index contributed by atoms with van der Waals surface area (Å²) in [6.07, 6.45) is 8.36. The Morgan fingerprint density at radius 2 is 2.14 bits per heavy atom. The summed E-state index contributed by atoms with van der Waals surface area (Å²) in [6, 6.07) is 6.39. The van der Waals surface area contributed by atoms with Gasteiger partial charge in [0.15, 0.2) is 5.13 Å². The maximum Gasteiger partial charge on any atom is 0.326 e. The number of aryl methyl sites for hydroxylation is 1. The van der Waals surface area contributed by atoms with Crippen LogP contribution in [-0.4, -0.2) is 20.6 Å². The second-order valence-electron chi connectivity index (χ2n) is 7.18. The second-order valence-corrected chi connectivity index (χ2v) is 9.06. The third-order valence-corrected chi connectivity index (χ3v) is 6.62. The van der Waals surface area contributed by atoms with E-state index in [1.165, 1.54) is 17.4 Å². The molecular formula is C20H17ClN4OS2. The van der Waals surface area contributed by atoms with Crippen LogP contribution in [0.3, 0.4) is 0 Å². The van der Waals surface area contributed by atoms with Crippen molar-refractivity contribution in [2.24, 2.45) is 7.05 Å². The first-order valence-corrected chi connectivity index (χ1v) is 10.6. The average Bonchev–Trinajstić information content (AvgIpc) is 3.40. The Balaban J connectivity index is 1.75. The van der Waals surface area contributed by atoms with Crippen molar-refractivity contribution in [3.8, 4) is 0 Å². The Morgan fingerprint density at radius 1 is 1.32 bits per heavy atom. The molecule has 1 atom stereocenters. The number of aromatic nitrogens is 3. The predicted octanol–water partition coefficient (Wildman–Crippen LogP) is 4.79. The van der Waals surface area contributed by atoms with E-state index in [0.717, 1.165) is 32.4 Å². The summed E-state index contributed by atoms with van der Waals surface area (Å²) in [5.41, 5.74) is 3.67. The van der Waals surface area contributed by atoms with Crippen LogP contribution < -0.4 is 11.0 Å². The topological polar surface area (TPSA) is 62.7 Å². The van der Waals surface area contributed by atoms with Gasteiger partial charge >= 0.3 is 5.69 Å². The Labute approximate surface area is 175 Å². The molecule has 0 amide bonds. The van der Waals surface area contributed by atoms with Crippen LogP contribution >= 0.6 is 35.2 Å². The molecule has 0 aliphatic heterocycles. The van der Waals surface area contributed by atoms with Gasteiger partial charge in [0.25, 0.3) is 0 Å². The minimum absolute atomic E-state index is 0.182. The van der Waals surface area contributed by atoms with E-state index < -0.39 is 0 Å². The monoisotopic (exact) mass is 428 g/mol. The average molecular weight is 429 g/mol. The van der Waals surface area contributed by atoms with Crippen molar-refractivity contribution in [1.29, 1.82) is 0 Å². The highest BCUT2D eigenvalue weighted by atomic mass is 35.5. The second kappa shape index (κ2) is 6.69. The van der Waals surface area contributed by atoms with E-state index in [1.54, 1.807) is 18.4 Å². The molecule has 2 heterocycles. The molecule has 3 aromatic rings. The standard InChI is InChI=1S/C20H17ClN4OS2/c1-25-9-14(18(27)24-20(25)26)16-13-6-3-11(21)8-10(13)2-7-15-17(16)23-19(28-15)22-12-4-5-12/h2-3,6-9,12,16H,4-5H2,1H3,(H,22,23)(H,24,26,27). The number of hydrogen-bond donors (Lipinski definition) is 2. The highest BCUT2D eigenvalue weighted by Gasteiger charge is 2.30. The smallest absolute Gasteiger partial charge is 0.326 e. The normalized spacial score (nSPS) is 17.7. The van der Waals surface area contributed by atoms with Crippen LogP contribution in [0.5, 0.6) is 0 Å². The molecule has 5 nitrogen and oxygen atoms in total. The van der Waals surface area contributed by atoms with Crippen LogP contribution in [0.4, 0.5) is 5.13 Å². The molecule has 8 heteroatoms. The van der Waals surface area contributed by atoms with Crippen molar-refractivity contribution in [3.05, 3.63) is 71.8 Å². The SMILES string of the molecule is Cn1cc(C2c3ccc(Cl)cc3C=Cc3sc(NC4CC4)nc32)c(=S)[nH]c1=O. The zero-order chi connectivity index (χ0) is 19.4. The lowest BCUT2D eigenvalue weighted by Crippen LogP contribution is -2.22. The summed E-state index contributed by atoms with van der Waals surface area (Å²) in [4.78, 5) is 20.8. The number of thiazole rings is 1. The number of aromatic amines is 1. The van der Waals surface area contributed by atoms with Crippen molar-refractivity contribution < 1.29 is 0 Å². The van der Waals surface area contributed by atoms with E-state index >= 15 is 0 Å². The van der Waals surface area contributed by atoms with Crippen molar-refractivity contribution in [2.45, 2.75) is 24.8 Å². The van der Waals surface area contributed by atoms with Gasteiger partial charge in [0.05, 0.1) is 16.5 Å². The van der Waals surface area contributed by atoms with Gasteiger partial charge in [-0.25, -0.2) is 9.78 Å². The fourth-order valence-corrected chi connectivity index (χ4v) is 4.92. The first kappa shape index (κ1) is 17.8. The number of nitrogens with zero attached hydrogens (tertiary/aromatic N) is 2. The molecule has 2 aliphatic carbocycles. The number of benzene rings is 1. The maximum absolute atomic E-state index is 12.0. The van der Waals surface area contributed by atoms with Crippen LogP contribution in [0.15, 0.2) is 29.2 Å². The molecular weight excluding hydrogens is 412 g/mol. The number of halogens is 1. The molecule has 2 aromatic heterocycles. The van der Waals surface area contributed by atoms with Crippen molar-refractivity contribution in [3.63, 3.8) is 0 Å². The number of H-pyrrole nitrogens is 1. The minimum Gasteiger partial charge on any atom is -0.359 e. The number of hydrogen-bond acceptors (Lipinski definition) is 5. The van der Waals surface area contributed by atoms with Gasteiger partial charge in [-0.3, -0.25) is 4.98 Å². The Hall–Kier alpha value is -2.22. The van der Waals surface area contributed by atoms with E-state index in [1.807, 2.05) is 24.4 Å². The van der Waals surface area contributed by atoms with E-state index in [-0.39, 0.29) is 11.6 Å². The zero-order valence-corrected chi connectivity index (χ0v) is 17.4. The third-order valence-electron chi connectivity index (χ3n) is 5.08. The van der Waals surface area contributed by atoms with Gasteiger partial charge < -0.3 is 9.88 Å². The Bertz CT molecular complexity index is 1240. The highest BCUT2D eigenvalue weighted by molar-refractivity contribution is 7.71. The third kappa shape index (κ3) is 3.13. The van der Waals surface area contributed by atoms with Crippen molar-refractivity contribution in [1.82, 2.24) is 14.5 Å². The molecule has 2 N–H and O–H groups in total. The Morgan fingerprint density at radius 3 is 2.93 bits per heavy atom. The van der Waals surface area contributed by atoms with Gasteiger partial charge in [-0.1, -0.05) is 47.3 Å². The Kier molecular flexibility index (Phi) is 4.26. The first-order valence-electron chi connectivity index (χ1n) is 9.04. The van der Waals surface area contributed by atoms with Gasteiger partial charge in [0.1, 0.15) is 4.64 Å². The summed E-state index contributed by atoms with van der Waals surface area (Å²) < 4.78 is 1.96. The molecule has 1 saturated carbocycles. The van der Waals surface area contributed by atoms with E-state index in [0.29, 0.717) is 15.7 Å². The zero-order valence-electron chi connectivity index (χ0n) is 15.0. The maximum atomic E-state index is 12.0. The lowest BCUT2D eigenvalue weighted by Gasteiger charge is -2.19.